The first-order valence-electron chi connectivity index (χ1n) is 7.52. The monoisotopic (exact) mass is 362 g/mol. The van der Waals surface area contributed by atoms with E-state index in [1.165, 1.54) is 17.3 Å². The first-order chi connectivity index (χ1) is 12.3. The van der Waals surface area contributed by atoms with E-state index in [0.29, 0.717) is 32.8 Å². The van der Waals surface area contributed by atoms with Crippen molar-refractivity contribution in [3.05, 3.63) is 12.7 Å². The van der Waals surface area contributed by atoms with Crippen LogP contribution in [0.4, 0.5) is 0 Å². The second-order valence-electron chi connectivity index (χ2n) is 4.31. The maximum absolute atomic E-state index is 8.71. The third kappa shape index (κ3) is 15.2. The molecule has 0 radical (unpaired) electrons. The molecule has 6 N–H and O–H groups in total. The summed E-state index contributed by atoms with van der Waals surface area (Å²) in [6, 6.07) is 0. The molecule has 0 aliphatic carbocycles. The Balaban J connectivity index is 0.000000400. The highest BCUT2D eigenvalue weighted by atomic mass is 16.3. The van der Waals surface area contributed by atoms with Crippen LogP contribution in [-0.4, -0.2) is 119 Å². The molecule has 0 unspecified atom stereocenters. The average molecular weight is 362 g/mol. The van der Waals surface area contributed by atoms with Crippen molar-refractivity contribution in [3.63, 3.8) is 0 Å². The van der Waals surface area contributed by atoms with Gasteiger partial charge in [0.25, 0.3) is 0 Å². The van der Waals surface area contributed by atoms with Gasteiger partial charge in [0.2, 0.25) is 0 Å². The van der Waals surface area contributed by atoms with Crippen molar-refractivity contribution in [3.8, 4) is 0 Å². The Labute approximate surface area is 144 Å². The minimum absolute atomic E-state index is 0.0577. The number of rotatable bonds is 10. The molecule has 0 spiro atoms. The molecule has 2 aromatic heterocycles. The molecule has 0 aliphatic rings. The van der Waals surface area contributed by atoms with E-state index in [1.807, 2.05) is 4.90 Å². The summed E-state index contributed by atoms with van der Waals surface area (Å²) in [5.41, 5.74) is 0. The molecule has 144 valence electrons. The van der Waals surface area contributed by atoms with E-state index >= 15 is 0 Å². The molecule has 0 bridgehead atoms. The highest BCUT2D eigenvalue weighted by Gasteiger charge is 2.04. The second kappa shape index (κ2) is 18.2. The van der Waals surface area contributed by atoms with E-state index < -0.39 is 0 Å². The van der Waals surface area contributed by atoms with Crippen molar-refractivity contribution >= 4 is 0 Å². The summed E-state index contributed by atoms with van der Waals surface area (Å²) in [5.74, 6) is 0. The molecule has 14 heteroatoms. The van der Waals surface area contributed by atoms with Crippen LogP contribution >= 0.6 is 0 Å². The Kier molecular flexibility index (Phi) is 16.7. The van der Waals surface area contributed by atoms with Gasteiger partial charge in [-0.15, -0.1) is 15.3 Å². The summed E-state index contributed by atoms with van der Waals surface area (Å²) in [6.07, 6.45) is 2.82. The summed E-state index contributed by atoms with van der Waals surface area (Å²) >= 11 is 0. The molecule has 0 amide bonds. The minimum atomic E-state index is 0.0577. The zero-order chi connectivity index (χ0) is 18.6. The first kappa shape index (κ1) is 22.9. The lowest BCUT2D eigenvalue weighted by atomic mass is 10.5. The highest BCUT2D eigenvalue weighted by molar-refractivity contribution is 4.53. The standard InChI is InChI=1S/C6H13N5O2.C4H11NO2.CH2N4/c12-3-1-10(2-4-13)6-11-5-7-8-9-11;6-3-1-5-2-4-7;1-2-4-5-3-1/h5,12-13H,1-4,6H2;5-7H,1-4H2;1H,(H,2,3,4,5). The number of aromatic nitrogens is 8. The number of hydrogen-bond donors (Lipinski definition) is 6. The molecule has 2 aromatic rings. The lowest BCUT2D eigenvalue weighted by Crippen LogP contribution is -2.32. The minimum Gasteiger partial charge on any atom is -0.395 e. The van der Waals surface area contributed by atoms with Gasteiger partial charge in [-0.1, -0.05) is 5.21 Å². The SMILES string of the molecule is OCCN(CCO)Cn1cnnn1.OCCNCCO.c1nn[nH]n1. The van der Waals surface area contributed by atoms with Crippen LogP contribution in [0.25, 0.3) is 0 Å². The van der Waals surface area contributed by atoms with Crippen molar-refractivity contribution in [2.75, 3.05) is 52.6 Å². The fraction of sp³-hybridized carbons (Fsp3) is 0.818. The van der Waals surface area contributed by atoms with Gasteiger partial charge in [0.15, 0.2) is 6.33 Å². The van der Waals surface area contributed by atoms with Gasteiger partial charge >= 0.3 is 0 Å². The van der Waals surface area contributed by atoms with Crippen LogP contribution in [0.3, 0.4) is 0 Å². The molecule has 2 rings (SSSR count). The largest absolute Gasteiger partial charge is 0.395 e. The fourth-order valence-corrected chi connectivity index (χ4v) is 1.40. The Morgan fingerprint density at radius 2 is 1.64 bits per heavy atom. The van der Waals surface area contributed by atoms with Gasteiger partial charge in [0.1, 0.15) is 6.33 Å². The smallest absolute Gasteiger partial charge is 0.161 e. The van der Waals surface area contributed by atoms with E-state index in [4.69, 9.17) is 20.4 Å². The van der Waals surface area contributed by atoms with Crippen LogP contribution in [0, 0.1) is 0 Å². The van der Waals surface area contributed by atoms with E-state index in [2.05, 4.69) is 41.5 Å². The number of tetrazole rings is 2. The zero-order valence-corrected chi connectivity index (χ0v) is 13.9. The van der Waals surface area contributed by atoms with Crippen molar-refractivity contribution in [2.24, 2.45) is 0 Å². The highest BCUT2D eigenvalue weighted by Crippen LogP contribution is 1.90. The lowest BCUT2D eigenvalue weighted by molar-refractivity contribution is 0.128. The average Bonchev–Trinajstić information content (AvgIpc) is 3.33. The molecule has 0 fully saturated rings. The van der Waals surface area contributed by atoms with Crippen LogP contribution < -0.4 is 5.32 Å². The normalized spacial score (nSPS) is 9.96. The van der Waals surface area contributed by atoms with Crippen molar-refractivity contribution in [1.82, 2.24) is 51.0 Å². The number of nitrogens with one attached hydrogen (secondary N) is 2. The summed E-state index contributed by atoms with van der Waals surface area (Å²) in [7, 11) is 0. The summed E-state index contributed by atoms with van der Waals surface area (Å²) in [5, 5.41) is 59.3. The van der Waals surface area contributed by atoms with Crippen molar-refractivity contribution in [2.45, 2.75) is 6.67 Å². The topological polar surface area (TPSA) is 194 Å². The van der Waals surface area contributed by atoms with Gasteiger partial charge in [-0.3, -0.25) is 4.90 Å². The molecule has 0 saturated carbocycles. The van der Waals surface area contributed by atoms with Gasteiger partial charge in [0, 0.05) is 26.2 Å². The molecular formula is C11H26N10O4. The third-order valence-corrected chi connectivity index (χ3v) is 2.42. The fourth-order valence-electron chi connectivity index (χ4n) is 1.40. The van der Waals surface area contributed by atoms with E-state index in [9.17, 15) is 0 Å². The van der Waals surface area contributed by atoms with Crippen LogP contribution in [-0.2, 0) is 6.67 Å². The maximum Gasteiger partial charge on any atom is 0.161 e. The predicted molar refractivity (Wildman–Crippen MR) is 84.8 cm³/mol. The second-order valence-corrected chi connectivity index (χ2v) is 4.31. The number of aromatic amines is 1. The number of hydrogen-bond acceptors (Lipinski definition) is 12. The van der Waals surface area contributed by atoms with Gasteiger partial charge < -0.3 is 25.7 Å². The lowest BCUT2D eigenvalue weighted by Gasteiger charge is -2.18. The number of H-pyrrole nitrogens is 1. The number of nitrogens with zero attached hydrogens (tertiary/aromatic N) is 8. The van der Waals surface area contributed by atoms with Crippen LogP contribution in [0.2, 0.25) is 0 Å². The molecule has 0 aliphatic heterocycles. The van der Waals surface area contributed by atoms with Crippen LogP contribution in [0.5, 0.6) is 0 Å². The van der Waals surface area contributed by atoms with Gasteiger partial charge in [-0.25, -0.2) is 4.68 Å². The molecule has 25 heavy (non-hydrogen) atoms. The summed E-state index contributed by atoms with van der Waals surface area (Å²) in [6.45, 7) is 3.01. The van der Waals surface area contributed by atoms with Gasteiger partial charge in [0.05, 0.1) is 33.1 Å². The third-order valence-electron chi connectivity index (χ3n) is 2.42. The van der Waals surface area contributed by atoms with E-state index in [0.717, 1.165) is 0 Å². The molecule has 0 aromatic carbocycles. The Bertz CT molecular complexity index is 416. The van der Waals surface area contributed by atoms with Crippen molar-refractivity contribution in [1.29, 1.82) is 0 Å². The molecule has 0 saturated heterocycles. The molecule has 2 heterocycles. The number of aliphatic hydroxyl groups excluding tert-OH is 4. The molecule has 14 nitrogen and oxygen atoms in total. The first-order valence-corrected chi connectivity index (χ1v) is 7.52. The molecular weight excluding hydrogens is 336 g/mol. The zero-order valence-electron chi connectivity index (χ0n) is 13.9. The van der Waals surface area contributed by atoms with Crippen molar-refractivity contribution < 1.29 is 20.4 Å². The molecule has 0 atom stereocenters. The Hall–Kier alpha value is -2.10. The van der Waals surface area contributed by atoms with Gasteiger partial charge in [-0.05, 0) is 10.4 Å². The van der Waals surface area contributed by atoms with E-state index in [-0.39, 0.29) is 26.4 Å². The van der Waals surface area contributed by atoms with Gasteiger partial charge in [-0.2, -0.15) is 5.21 Å². The Morgan fingerprint density at radius 3 is 2.00 bits per heavy atom. The predicted octanol–water partition coefficient (Wildman–Crippen LogP) is -4.32. The summed E-state index contributed by atoms with van der Waals surface area (Å²) < 4.78 is 1.53. The quantitative estimate of drug-likeness (QED) is 0.223. The van der Waals surface area contributed by atoms with Crippen LogP contribution in [0.15, 0.2) is 12.7 Å². The Morgan fingerprint density at radius 1 is 0.960 bits per heavy atom. The van der Waals surface area contributed by atoms with E-state index in [1.54, 1.807) is 0 Å². The number of aliphatic hydroxyl groups is 4. The van der Waals surface area contributed by atoms with Crippen LogP contribution in [0.1, 0.15) is 0 Å². The summed E-state index contributed by atoms with van der Waals surface area (Å²) in [4.78, 5) is 1.84. The maximum atomic E-state index is 8.71.